The molecule has 2 bridgehead atoms. The van der Waals surface area contributed by atoms with Crippen LogP contribution in [0, 0.1) is 5.92 Å². The Morgan fingerprint density at radius 2 is 1.96 bits per heavy atom. The number of piperidine rings is 1. The minimum absolute atomic E-state index is 0.264. The van der Waals surface area contributed by atoms with E-state index >= 15 is 0 Å². The summed E-state index contributed by atoms with van der Waals surface area (Å²) < 4.78 is 17.1. The van der Waals surface area contributed by atoms with Crippen molar-refractivity contribution in [1.82, 2.24) is 4.90 Å². The average molecular weight is 345 g/mol. The van der Waals surface area contributed by atoms with Gasteiger partial charge in [-0.25, -0.2) is 0 Å². The molecule has 4 rings (SSSR count). The van der Waals surface area contributed by atoms with E-state index in [0.717, 1.165) is 49.3 Å². The smallest absolute Gasteiger partial charge is 0.162 e. The fourth-order valence-electron chi connectivity index (χ4n) is 5.59. The fourth-order valence-corrected chi connectivity index (χ4v) is 5.59. The van der Waals surface area contributed by atoms with Gasteiger partial charge in [0.1, 0.15) is 11.5 Å². The van der Waals surface area contributed by atoms with E-state index in [-0.39, 0.29) is 11.2 Å². The second kappa shape index (κ2) is 5.84. The molecule has 1 aromatic rings. The number of nitrogens with zero attached hydrogens (tertiary/aromatic N) is 1. The number of ether oxygens (including phenoxy) is 3. The number of phenols is 1. The number of hydrogen-bond donors (Lipinski definition) is 1. The van der Waals surface area contributed by atoms with Crippen molar-refractivity contribution in [3.8, 4) is 11.5 Å². The number of allylic oxidation sites excluding steroid dienone is 2. The van der Waals surface area contributed by atoms with Crippen molar-refractivity contribution in [3.05, 3.63) is 34.8 Å². The van der Waals surface area contributed by atoms with E-state index in [2.05, 4.69) is 18.0 Å². The van der Waals surface area contributed by atoms with Crippen LogP contribution in [0.5, 0.6) is 11.5 Å². The van der Waals surface area contributed by atoms with E-state index in [1.807, 2.05) is 6.07 Å². The Morgan fingerprint density at radius 1 is 1.16 bits per heavy atom. The number of phenolic OH excluding ortho intramolecular Hbond substituents is 1. The number of hydrogen-bond acceptors (Lipinski definition) is 5. The minimum atomic E-state index is -0.332. The molecule has 5 heteroatoms. The predicted molar refractivity (Wildman–Crippen MR) is 94.8 cm³/mol. The summed E-state index contributed by atoms with van der Waals surface area (Å²) in [6.45, 7) is 0.973. The number of aromatic hydroxyl groups is 1. The maximum Gasteiger partial charge on any atom is 0.162 e. The molecule has 2 aliphatic carbocycles. The van der Waals surface area contributed by atoms with Gasteiger partial charge in [0.25, 0.3) is 0 Å². The molecule has 25 heavy (non-hydrogen) atoms. The lowest BCUT2D eigenvalue weighted by Gasteiger charge is -2.58. The Bertz CT molecular complexity index is 729. The van der Waals surface area contributed by atoms with Gasteiger partial charge in [-0.3, -0.25) is 0 Å². The molecule has 1 aliphatic heterocycles. The maximum absolute atomic E-state index is 11.1. The third-order valence-corrected chi connectivity index (χ3v) is 6.64. The summed E-state index contributed by atoms with van der Waals surface area (Å²) in [6, 6.07) is 4.43. The number of benzene rings is 1. The molecule has 2 unspecified atom stereocenters. The highest BCUT2D eigenvalue weighted by Gasteiger charge is 2.59. The van der Waals surface area contributed by atoms with Crippen LogP contribution >= 0.6 is 0 Å². The SMILES string of the molecule is COC1=C(OC)[C@@]23CCN(C)C(Cc4ccc(OC)c(O)c42)C3CC1. The van der Waals surface area contributed by atoms with Gasteiger partial charge in [0.2, 0.25) is 0 Å². The molecule has 0 saturated carbocycles. The summed E-state index contributed by atoms with van der Waals surface area (Å²) in [5.41, 5.74) is 1.85. The molecule has 1 aromatic carbocycles. The average Bonchev–Trinajstić information content (AvgIpc) is 2.63. The van der Waals surface area contributed by atoms with E-state index in [4.69, 9.17) is 14.2 Å². The Balaban J connectivity index is 2.04. The van der Waals surface area contributed by atoms with Crippen LogP contribution in [0.1, 0.15) is 30.4 Å². The van der Waals surface area contributed by atoms with Gasteiger partial charge in [0.15, 0.2) is 11.5 Å². The van der Waals surface area contributed by atoms with Crippen molar-refractivity contribution in [2.24, 2.45) is 5.92 Å². The number of methoxy groups -OCH3 is 3. The van der Waals surface area contributed by atoms with Crippen molar-refractivity contribution in [3.63, 3.8) is 0 Å². The Hall–Kier alpha value is -1.88. The summed E-state index contributed by atoms with van der Waals surface area (Å²) in [5.74, 6) is 3.01. The fraction of sp³-hybridized carbons (Fsp3) is 0.600. The molecule has 3 aliphatic rings. The third-order valence-electron chi connectivity index (χ3n) is 6.64. The van der Waals surface area contributed by atoms with E-state index in [1.165, 1.54) is 5.56 Å². The van der Waals surface area contributed by atoms with Crippen molar-refractivity contribution >= 4 is 0 Å². The molecule has 0 amide bonds. The van der Waals surface area contributed by atoms with Crippen LogP contribution in [-0.4, -0.2) is 51.0 Å². The van der Waals surface area contributed by atoms with Crippen LogP contribution in [0.4, 0.5) is 0 Å². The molecular formula is C20H27NO4. The Labute approximate surface area is 149 Å². The standard InChI is InChI=1S/C20H27NO4/c1-21-10-9-20-13(6-8-16(24-3)19(20)25-4)14(21)11-12-5-7-15(23-2)18(22)17(12)20/h5,7,13-14,22H,6,8-11H2,1-4H3/t13?,14?,20-/m1/s1. The molecule has 0 spiro atoms. The summed E-state index contributed by atoms with van der Waals surface area (Å²) in [4.78, 5) is 2.47. The van der Waals surface area contributed by atoms with E-state index < -0.39 is 0 Å². The van der Waals surface area contributed by atoms with Crippen LogP contribution in [0.25, 0.3) is 0 Å². The predicted octanol–water partition coefficient (Wildman–Crippen LogP) is 2.81. The van der Waals surface area contributed by atoms with Crippen molar-refractivity contribution in [2.45, 2.75) is 37.1 Å². The molecule has 5 nitrogen and oxygen atoms in total. The molecule has 136 valence electrons. The van der Waals surface area contributed by atoms with Crippen molar-refractivity contribution in [1.29, 1.82) is 0 Å². The molecule has 1 fully saturated rings. The zero-order chi connectivity index (χ0) is 17.8. The first kappa shape index (κ1) is 16.6. The number of fused-ring (bicyclic) bond motifs is 1. The van der Waals surface area contributed by atoms with Crippen molar-refractivity contribution in [2.75, 3.05) is 34.9 Å². The number of rotatable bonds is 3. The van der Waals surface area contributed by atoms with Crippen molar-refractivity contribution < 1.29 is 19.3 Å². The normalized spacial score (nSPS) is 31.2. The zero-order valence-corrected chi connectivity index (χ0v) is 15.5. The molecule has 1 heterocycles. The van der Waals surface area contributed by atoms with Crippen LogP contribution in [0.2, 0.25) is 0 Å². The molecule has 1 N–H and O–H groups in total. The summed E-state index contributed by atoms with van der Waals surface area (Å²) in [7, 11) is 7.26. The summed E-state index contributed by atoms with van der Waals surface area (Å²) in [6.07, 6.45) is 3.79. The van der Waals surface area contributed by atoms with Gasteiger partial charge < -0.3 is 24.2 Å². The van der Waals surface area contributed by atoms with Gasteiger partial charge in [0, 0.05) is 18.0 Å². The second-order valence-electron chi connectivity index (χ2n) is 7.43. The van der Waals surface area contributed by atoms with Crippen LogP contribution in [0.3, 0.4) is 0 Å². The monoisotopic (exact) mass is 345 g/mol. The highest BCUT2D eigenvalue weighted by molar-refractivity contribution is 5.59. The van der Waals surface area contributed by atoms with Crippen LogP contribution in [-0.2, 0) is 21.3 Å². The number of likely N-dealkylation sites (N-methyl/N-ethyl adjacent to an activating group) is 1. The molecule has 0 radical (unpaired) electrons. The highest BCUT2D eigenvalue weighted by Crippen LogP contribution is 2.60. The third kappa shape index (κ3) is 2.05. The first-order chi connectivity index (χ1) is 12.1. The quantitative estimate of drug-likeness (QED) is 0.913. The lowest BCUT2D eigenvalue weighted by molar-refractivity contribution is -0.00566. The summed E-state index contributed by atoms with van der Waals surface area (Å²) >= 11 is 0. The second-order valence-corrected chi connectivity index (χ2v) is 7.43. The molecular weight excluding hydrogens is 318 g/mol. The Kier molecular flexibility index (Phi) is 3.87. The molecule has 0 aromatic heterocycles. The highest BCUT2D eigenvalue weighted by atomic mass is 16.5. The van der Waals surface area contributed by atoms with Gasteiger partial charge in [-0.2, -0.15) is 0 Å². The lowest BCUT2D eigenvalue weighted by atomic mass is 9.53. The summed E-state index contributed by atoms with van der Waals surface area (Å²) in [5, 5.41) is 11.1. The van der Waals surface area contributed by atoms with E-state index in [1.54, 1.807) is 21.3 Å². The van der Waals surface area contributed by atoms with Gasteiger partial charge in [0.05, 0.1) is 26.7 Å². The molecule has 3 atom stereocenters. The number of likely N-dealkylation sites (tertiary alicyclic amines) is 1. The molecule has 1 saturated heterocycles. The van der Waals surface area contributed by atoms with Gasteiger partial charge in [-0.05, 0) is 50.4 Å². The topological polar surface area (TPSA) is 51.2 Å². The first-order valence-corrected chi connectivity index (χ1v) is 8.99. The van der Waals surface area contributed by atoms with E-state index in [9.17, 15) is 5.11 Å². The Morgan fingerprint density at radius 3 is 2.64 bits per heavy atom. The van der Waals surface area contributed by atoms with Gasteiger partial charge in [-0.1, -0.05) is 6.07 Å². The van der Waals surface area contributed by atoms with E-state index in [0.29, 0.717) is 17.7 Å². The van der Waals surface area contributed by atoms with Gasteiger partial charge >= 0.3 is 0 Å². The largest absolute Gasteiger partial charge is 0.504 e. The van der Waals surface area contributed by atoms with Crippen LogP contribution < -0.4 is 4.74 Å². The van der Waals surface area contributed by atoms with Gasteiger partial charge in [-0.15, -0.1) is 0 Å². The lowest BCUT2D eigenvalue weighted by Crippen LogP contribution is -2.61. The zero-order valence-electron chi connectivity index (χ0n) is 15.5. The first-order valence-electron chi connectivity index (χ1n) is 8.99. The minimum Gasteiger partial charge on any atom is -0.504 e. The maximum atomic E-state index is 11.1. The van der Waals surface area contributed by atoms with Crippen LogP contribution in [0.15, 0.2) is 23.7 Å².